The predicted molar refractivity (Wildman–Crippen MR) is 42.6 cm³/mol. The van der Waals surface area contributed by atoms with Gasteiger partial charge in [0.05, 0.1) is 13.2 Å². The Morgan fingerprint density at radius 2 is 2.50 bits per heavy atom. The maximum Gasteiger partial charge on any atom is 0.0848 e. The monoisotopic (exact) mass is 141 g/mol. The largest absolute Gasteiger partial charge is 0.375 e. The summed E-state index contributed by atoms with van der Waals surface area (Å²) in [6.07, 6.45) is 1.14. The van der Waals surface area contributed by atoms with E-state index in [1.807, 2.05) is 0 Å². The van der Waals surface area contributed by atoms with Gasteiger partial charge in [-0.15, -0.1) is 0 Å². The summed E-state index contributed by atoms with van der Waals surface area (Å²) in [5, 5.41) is 0. The molecule has 10 heavy (non-hydrogen) atoms. The number of rotatable bonds is 2. The van der Waals surface area contributed by atoms with E-state index in [0.717, 1.165) is 26.2 Å². The molecule has 1 heterocycles. The first-order valence-corrected chi connectivity index (χ1v) is 3.95. The van der Waals surface area contributed by atoms with Gasteiger partial charge in [0, 0.05) is 18.2 Å². The van der Waals surface area contributed by atoms with E-state index in [1.54, 1.807) is 0 Å². The summed E-state index contributed by atoms with van der Waals surface area (Å²) in [6.45, 7) is 6.90. The van der Waals surface area contributed by atoms with Crippen molar-refractivity contribution in [1.82, 2.24) is 0 Å². The lowest BCUT2D eigenvalue weighted by atomic mass is 10.1. The summed E-state index contributed by atoms with van der Waals surface area (Å²) in [4.78, 5) is 4.41. The van der Waals surface area contributed by atoms with Crippen LogP contribution in [0.4, 0.5) is 0 Å². The molecule has 0 bridgehead atoms. The lowest BCUT2D eigenvalue weighted by molar-refractivity contribution is 0.193. The van der Waals surface area contributed by atoms with E-state index in [-0.39, 0.29) is 0 Å². The number of ether oxygens (including phenoxy) is 1. The van der Waals surface area contributed by atoms with Crippen LogP contribution in [0.15, 0.2) is 4.99 Å². The molecule has 0 amide bonds. The second-order valence-corrected chi connectivity index (χ2v) is 2.79. The molecule has 1 aliphatic rings. The molecule has 1 atom stereocenters. The van der Waals surface area contributed by atoms with Crippen LogP contribution in [0.1, 0.15) is 20.3 Å². The molecule has 0 aromatic carbocycles. The third kappa shape index (κ3) is 1.81. The second-order valence-electron chi connectivity index (χ2n) is 2.79. The zero-order valence-electron chi connectivity index (χ0n) is 6.76. The molecule has 2 nitrogen and oxygen atoms in total. The van der Waals surface area contributed by atoms with Crippen molar-refractivity contribution in [2.75, 3.05) is 19.8 Å². The van der Waals surface area contributed by atoms with E-state index >= 15 is 0 Å². The fourth-order valence-electron chi connectivity index (χ4n) is 1.04. The van der Waals surface area contributed by atoms with Gasteiger partial charge in [0.1, 0.15) is 0 Å². The molecule has 1 saturated heterocycles. The highest BCUT2D eigenvalue weighted by molar-refractivity contribution is 5.89. The first-order chi connectivity index (χ1) is 4.84. The Bertz CT molecular complexity index is 131. The minimum Gasteiger partial charge on any atom is -0.375 e. The van der Waals surface area contributed by atoms with Crippen LogP contribution >= 0.6 is 0 Å². The van der Waals surface area contributed by atoms with Crippen molar-refractivity contribution >= 4 is 5.71 Å². The van der Waals surface area contributed by atoms with Crippen LogP contribution in [-0.4, -0.2) is 25.5 Å². The number of hydrogen-bond donors (Lipinski definition) is 0. The topological polar surface area (TPSA) is 21.6 Å². The molecule has 1 rings (SSSR count). The number of aliphatic imine (C=N–C) groups is 1. The molecule has 0 radical (unpaired) electrons. The van der Waals surface area contributed by atoms with Gasteiger partial charge in [0.2, 0.25) is 0 Å². The van der Waals surface area contributed by atoms with Crippen molar-refractivity contribution in [3.05, 3.63) is 0 Å². The normalized spacial score (nSPS) is 29.8. The standard InChI is InChI=1S/C8H15NO/c1-3-4-9-8-6-10-5-7(8)2/h7H,3-6H2,1-2H3/b9-8-. The van der Waals surface area contributed by atoms with E-state index in [0.29, 0.717) is 5.92 Å². The van der Waals surface area contributed by atoms with Crippen molar-refractivity contribution in [3.8, 4) is 0 Å². The van der Waals surface area contributed by atoms with Gasteiger partial charge in [-0.05, 0) is 6.42 Å². The van der Waals surface area contributed by atoms with Gasteiger partial charge in [-0.3, -0.25) is 4.99 Å². The summed E-state index contributed by atoms with van der Waals surface area (Å²) in [6, 6.07) is 0. The van der Waals surface area contributed by atoms with Crippen molar-refractivity contribution in [2.24, 2.45) is 10.9 Å². The Hall–Kier alpha value is -0.370. The summed E-state index contributed by atoms with van der Waals surface area (Å²) >= 11 is 0. The zero-order chi connectivity index (χ0) is 7.40. The maximum absolute atomic E-state index is 5.24. The number of nitrogens with zero attached hydrogens (tertiary/aromatic N) is 1. The molecular formula is C8H15NO. The quantitative estimate of drug-likeness (QED) is 0.571. The van der Waals surface area contributed by atoms with E-state index in [2.05, 4.69) is 18.8 Å². The highest BCUT2D eigenvalue weighted by Gasteiger charge is 2.17. The second kappa shape index (κ2) is 3.71. The van der Waals surface area contributed by atoms with E-state index in [4.69, 9.17) is 4.74 Å². The highest BCUT2D eigenvalue weighted by atomic mass is 16.5. The van der Waals surface area contributed by atoms with Crippen LogP contribution in [0.3, 0.4) is 0 Å². The van der Waals surface area contributed by atoms with Crippen LogP contribution in [0.5, 0.6) is 0 Å². The fraction of sp³-hybridized carbons (Fsp3) is 0.875. The van der Waals surface area contributed by atoms with Crippen molar-refractivity contribution in [3.63, 3.8) is 0 Å². The molecule has 0 aromatic heterocycles. The fourth-order valence-corrected chi connectivity index (χ4v) is 1.04. The third-order valence-electron chi connectivity index (χ3n) is 1.73. The zero-order valence-corrected chi connectivity index (χ0v) is 6.76. The first kappa shape index (κ1) is 7.73. The van der Waals surface area contributed by atoms with Crippen molar-refractivity contribution in [2.45, 2.75) is 20.3 Å². The maximum atomic E-state index is 5.24. The Balaban J connectivity index is 2.38. The van der Waals surface area contributed by atoms with Crippen LogP contribution in [-0.2, 0) is 4.74 Å². The predicted octanol–water partition coefficient (Wildman–Crippen LogP) is 1.50. The Morgan fingerprint density at radius 1 is 1.70 bits per heavy atom. The molecule has 0 N–H and O–H groups in total. The average Bonchev–Trinajstić information content (AvgIpc) is 2.31. The van der Waals surface area contributed by atoms with E-state index in [9.17, 15) is 0 Å². The minimum atomic E-state index is 0.562. The van der Waals surface area contributed by atoms with Gasteiger partial charge in [-0.25, -0.2) is 0 Å². The van der Waals surface area contributed by atoms with E-state index in [1.165, 1.54) is 5.71 Å². The lowest BCUT2D eigenvalue weighted by Crippen LogP contribution is -2.07. The Kier molecular flexibility index (Phi) is 2.87. The molecule has 0 aromatic rings. The SMILES string of the molecule is CCC/N=C1/COCC1C. The molecule has 0 aliphatic carbocycles. The third-order valence-corrected chi connectivity index (χ3v) is 1.73. The molecule has 0 saturated carbocycles. The average molecular weight is 141 g/mol. The first-order valence-electron chi connectivity index (χ1n) is 3.95. The molecule has 58 valence electrons. The van der Waals surface area contributed by atoms with Crippen LogP contribution in [0, 0.1) is 5.92 Å². The van der Waals surface area contributed by atoms with Gasteiger partial charge in [-0.2, -0.15) is 0 Å². The Morgan fingerprint density at radius 3 is 3.00 bits per heavy atom. The summed E-state index contributed by atoms with van der Waals surface area (Å²) in [5.41, 5.74) is 1.25. The molecular weight excluding hydrogens is 126 g/mol. The molecule has 1 aliphatic heterocycles. The Labute approximate surface area is 62.3 Å². The van der Waals surface area contributed by atoms with Crippen LogP contribution < -0.4 is 0 Å². The van der Waals surface area contributed by atoms with Gasteiger partial charge in [0.25, 0.3) is 0 Å². The van der Waals surface area contributed by atoms with Gasteiger partial charge >= 0.3 is 0 Å². The smallest absolute Gasteiger partial charge is 0.0848 e. The minimum absolute atomic E-state index is 0.562. The van der Waals surface area contributed by atoms with Crippen molar-refractivity contribution < 1.29 is 4.74 Å². The summed E-state index contributed by atoms with van der Waals surface area (Å²) < 4.78 is 5.24. The molecule has 2 heteroatoms. The van der Waals surface area contributed by atoms with Crippen molar-refractivity contribution in [1.29, 1.82) is 0 Å². The summed E-state index contributed by atoms with van der Waals surface area (Å²) in [5.74, 6) is 0.562. The van der Waals surface area contributed by atoms with E-state index < -0.39 is 0 Å². The van der Waals surface area contributed by atoms with Crippen LogP contribution in [0.2, 0.25) is 0 Å². The lowest BCUT2D eigenvalue weighted by Gasteiger charge is -1.98. The van der Waals surface area contributed by atoms with Gasteiger partial charge < -0.3 is 4.74 Å². The summed E-state index contributed by atoms with van der Waals surface area (Å²) in [7, 11) is 0. The molecule has 0 spiro atoms. The van der Waals surface area contributed by atoms with Crippen LogP contribution in [0.25, 0.3) is 0 Å². The molecule has 1 unspecified atom stereocenters. The molecule has 1 fully saturated rings. The van der Waals surface area contributed by atoms with Gasteiger partial charge in [0.15, 0.2) is 0 Å². The van der Waals surface area contributed by atoms with Gasteiger partial charge in [-0.1, -0.05) is 13.8 Å². The number of hydrogen-bond acceptors (Lipinski definition) is 2. The highest BCUT2D eigenvalue weighted by Crippen LogP contribution is 2.08.